The Morgan fingerprint density at radius 3 is 2.67 bits per heavy atom. The van der Waals surface area contributed by atoms with Crippen LogP contribution in [0, 0.1) is 13.8 Å². The maximum atomic E-state index is 13.2. The number of benzene rings is 2. The SMILES string of the molecule is Cc1cccc(C)c1-n1nnnc1SCC(=O)N1c2ccccc2NC(=O)CC1C. The topological polar surface area (TPSA) is 93.0 Å². The zero-order chi connectivity index (χ0) is 21.3. The van der Waals surface area contributed by atoms with Crippen LogP contribution in [-0.2, 0) is 9.59 Å². The van der Waals surface area contributed by atoms with Gasteiger partial charge in [-0.05, 0) is 54.5 Å². The maximum Gasteiger partial charge on any atom is 0.237 e. The van der Waals surface area contributed by atoms with Crippen molar-refractivity contribution in [2.75, 3.05) is 16.0 Å². The maximum absolute atomic E-state index is 13.2. The lowest BCUT2D eigenvalue weighted by molar-refractivity contribution is -0.117. The Bertz CT molecular complexity index is 1090. The van der Waals surface area contributed by atoms with E-state index in [4.69, 9.17) is 0 Å². The van der Waals surface area contributed by atoms with Gasteiger partial charge in [0.1, 0.15) is 0 Å². The average molecular weight is 423 g/mol. The zero-order valence-electron chi connectivity index (χ0n) is 17.0. The summed E-state index contributed by atoms with van der Waals surface area (Å²) in [7, 11) is 0. The highest BCUT2D eigenvalue weighted by Crippen LogP contribution is 2.32. The number of fused-ring (bicyclic) bond motifs is 1. The van der Waals surface area contributed by atoms with Gasteiger partial charge in [0.05, 0.1) is 22.8 Å². The number of amides is 2. The van der Waals surface area contributed by atoms with Crippen molar-refractivity contribution in [2.45, 2.75) is 38.4 Å². The highest BCUT2D eigenvalue weighted by atomic mass is 32.2. The minimum absolute atomic E-state index is 0.100. The second kappa shape index (κ2) is 8.27. The van der Waals surface area contributed by atoms with E-state index in [1.54, 1.807) is 15.6 Å². The van der Waals surface area contributed by atoms with Crippen LogP contribution in [0.15, 0.2) is 47.6 Å². The van der Waals surface area contributed by atoms with Crippen LogP contribution in [-0.4, -0.2) is 43.8 Å². The van der Waals surface area contributed by atoms with Crippen molar-refractivity contribution in [3.05, 3.63) is 53.6 Å². The molecule has 1 aliphatic heterocycles. The van der Waals surface area contributed by atoms with E-state index < -0.39 is 0 Å². The summed E-state index contributed by atoms with van der Waals surface area (Å²) in [5, 5.41) is 15.5. The van der Waals surface area contributed by atoms with Crippen molar-refractivity contribution >= 4 is 35.0 Å². The van der Waals surface area contributed by atoms with E-state index in [0.717, 1.165) is 16.8 Å². The van der Waals surface area contributed by atoms with E-state index in [2.05, 4.69) is 20.8 Å². The van der Waals surface area contributed by atoms with Crippen molar-refractivity contribution in [1.29, 1.82) is 0 Å². The van der Waals surface area contributed by atoms with Crippen LogP contribution in [0.4, 0.5) is 11.4 Å². The molecule has 30 heavy (non-hydrogen) atoms. The molecule has 9 heteroatoms. The van der Waals surface area contributed by atoms with E-state index in [0.29, 0.717) is 16.5 Å². The van der Waals surface area contributed by atoms with Gasteiger partial charge in [-0.3, -0.25) is 9.59 Å². The largest absolute Gasteiger partial charge is 0.324 e. The average Bonchev–Trinajstić information content (AvgIpc) is 3.10. The van der Waals surface area contributed by atoms with Gasteiger partial charge < -0.3 is 10.2 Å². The van der Waals surface area contributed by atoms with E-state index in [9.17, 15) is 9.59 Å². The van der Waals surface area contributed by atoms with Crippen LogP contribution < -0.4 is 10.2 Å². The number of carbonyl (C=O) groups excluding carboxylic acids is 2. The fourth-order valence-electron chi connectivity index (χ4n) is 3.71. The molecule has 154 valence electrons. The lowest BCUT2D eigenvalue weighted by atomic mass is 10.1. The number of hydrogen-bond acceptors (Lipinski definition) is 6. The molecule has 0 saturated carbocycles. The van der Waals surface area contributed by atoms with Gasteiger partial charge in [-0.2, -0.15) is 4.68 Å². The summed E-state index contributed by atoms with van der Waals surface area (Å²) >= 11 is 1.28. The molecule has 0 aliphatic carbocycles. The van der Waals surface area contributed by atoms with Crippen molar-refractivity contribution in [3.63, 3.8) is 0 Å². The lowest BCUT2D eigenvalue weighted by Gasteiger charge is -2.27. The number of carbonyl (C=O) groups is 2. The molecule has 1 aliphatic rings. The number of nitrogens with zero attached hydrogens (tertiary/aromatic N) is 5. The summed E-state index contributed by atoms with van der Waals surface area (Å²) in [6, 6.07) is 13.1. The molecule has 8 nitrogen and oxygen atoms in total. The molecule has 3 aromatic rings. The molecular weight excluding hydrogens is 400 g/mol. The fourth-order valence-corrected chi connectivity index (χ4v) is 4.45. The van der Waals surface area contributed by atoms with Crippen molar-refractivity contribution in [1.82, 2.24) is 20.2 Å². The van der Waals surface area contributed by atoms with Gasteiger partial charge in [0.15, 0.2) is 0 Å². The molecular formula is C21H22N6O2S. The summed E-state index contributed by atoms with van der Waals surface area (Å²) in [4.78, 5) is 27.0. The standard InChI is InChI=1S/C21H22N6O2S/c1-13-7-6-8-14(2)20(13)27-21(23-24-25-27)30-12-19(29)26-15(3)11-18(28)22-16-9-4-5-10-17(16)26/h4-10,15H,11-12H2,1-3H3,(H,22,28). The third kappa shape index (κ3) is 3.80. The first-order chi connectivity index (χ1) is 14.5. The molecule has 1 atom stereocenters. The van der Waals surface area contributed by atoms with Crippen molar-refractivity contribution in [2.24, 2.45) is 0 Å². The molecule has 2 amide bonds. The van der Waals surface area contributed by atoms with Gasteiger partial charge >= 0.3 is 0 Å². The number of aromatic nitrogens is 4. The van der Waals surface area contributed by atoms with Gasteiger partial charge in [0.25, 0.3) is 0 Å². The predicted octanol–water partition coefficient (Wildman–Crippen LogP) is 3.14. The number of nitrogens with one attached hydrogen (secondary N) is 1. The van der Waals surface area contributed by atoms with Gasteiger partial charge in [0.2, 0.25) is 17.0 Å². The Hall–Kier alpha value is -3.20. The number of para-hydroxylation sites is 3. The normalized spacial score (nSPS) is 16.0. The number of thioether (sulfide) groups is 1. The Kier molecular flexibility index (Phi) is 5.54. The number of hydrogen-bond donors (Lipinski definition) is 1. The Morgan fingerprint density at radius 1 is 1.17 bits per heavy atom. The van der Waals surface area contributed by atoms with Crippen molar-refractivity contribution < 1.29 is 9.59 Å². The second-order valence-electron chi connectivity index (χ2n) is 7.28. The van der Waals surface area contributed by atoms with Crippen LogP contribution in [0.5, 0.6) is 0 Å². The van der Waals surface area contributed by atoms with E-state index in [1.165, 1.54) is 11.8 Å². The van der Waals surface area contributed by atoms with Gasteiger partial charge in [-0.15, -0.1) is 5.10 Å². The molecule has 0 fully saturated rings. The van der Waals surface area contributed by atoms with Gasteiger partial charge in [0, 0.05) is 12.5 Å². The quantitative estimate of drug-likeness (QED) is 0.650. The lowest BCUT2D eigenvalue weighted by Crippen LogP contribution is -2.40. The molecule has 0 radical (unpaired) electrons. The summed E-state index contributed by atoms with van der Waals surface area (Å²) in [6.45, 7) is 5.89. The second-order valence-corrected chi connectivity index (χ2v) is 8.23. The Morgan fingerprint density at radius 2 is 1.90 bits per heavy atom. The molecule has 0 saturated heterocycles. The molecule has 2 heterocycles. The third-order valence-corrected chi connectivity index (χ3v) is 5.95. The Balaban J connectivity index is 1.58. The molecule has 2 aromatic carbocycles. The molecule has 1 N–H and O–H groups in total. The monoisotopic (exact) mass is 422 g/mol. The van der Waals surface area contributed by atoms with E-state index in [1.807, 2.05) is 57.2 Å². The summed E-state index contributed by atoms with van der Waals surface area (Å²) in [5.41, 5.74) is 4.37. The minimum atomic E-state index is -0.253. The zero-order valence-corrected chi connectivity index (χ0v) is 17.8. The first-order valence-electron chi connectivity index (χ1n) is 9.64. The molecule has 0 spiro atoms. The highest BCUT2D eigenvalue weighted by molar-refractivity contribution is 7.99. The number of tetrazole rings is 1. The van der Waals surface area contributed by atoms with E-state index >= 15 is 0 Å². The number of rotatable bonds is 4. The summed E-state index contributed by atoms with van der Waals surface area (Å²) in [6.07, 6.45) is 0.241. The summed E-state index contributed by atoms with van der Waals surface area (Å²) < 4.78 is 1.67. The minimum Gasteiger partial charge on any atom is -0.324 e. The number of anilines is 2. The van der Waals surface area contributed by atoms with Crippen molar-refractivity contribution in [3.8, 4) is 5.69 Å². The van der Waals surface area contributed by atoms with E-state index in [-0.39, 0.29) is 30.0 Å². The molecule has 4 rings (SSSR count). The Labute approximate surface area is 178 Å². The van der Waals surface area contributed by atoms with Crippen LogP contribution in [0.1, 0.15) is 24.5 Å². The molecule has 0 bridgehead atoms. The fraction of sp³-hybridized carbons (Fsp3) is 0.286. The first kappa shape index (κ1) is 20.1. The van der Waals surface area contributed by atoms with Crippen LogP contribution >= 0.6 is 11.8 Å². The van der Waals surface area contributed by atoms with Crippen LogP contribution in [0.2, 0.25) is 0 Å². The molecule has 1 unspecified atom stereocenters. The van der Waals surface area contributed by atoms with Gasteiger partial charge in [-0.1, -0.05) is 42.1 Å². The predicted molar refractivity (Wildman–Crippen MR) is 116 cm³/mol. The highest BCUT2D eigenvalue weighted by Gasteiger charge is 2.29. The first-order valence-corrected chi connectivity index (χ1v) is 10.6. The van der Waals surface area contributed by atoms with Crippen LogP contribution in [0.25, 0.3) is 5.69 Å². The number of aryl methyl sites for hydroxylation is 2. The smallest absolute Gasteiger partial charge is 0.237 e. The third-order valence-electron chi connectivity index (χ3n) is 5.04. The van der Waals surface area contributed by atoms with Gasteiger partial charge in [-0.25, -0.2) is 0 Å². The molecule has 1 aromatic heterocycles. The van der Waals surface area contributed by atoms with Crippen LogP contribution in [0.3, 0.4) is 0 Å². The summed E-state index contributed by atoms with van der Waals surface area (Å²) in [5.74, 6) is -0.0533.